The monoisotopic (exact) mass is 408 g/mol. The first-order chi connectivity index (χ1) is 14.2. The third kappa shape index (κ3) is 5.06. The number of hydrogen-bond acceptors (Lipinski definition) is 6. The molecule has 0 bridgehead atoms. The van der Waals surface area contributed by atoms with E-state index in [0.29, 0.717) is 29.8 Å². The number of nitrogens with one attached hydrogen (secondary N) is 1. The molecule has 1 aromatic carbocycles. The van der Waals surface area contributed by atoms with Gasteiger partial charge in [0.05, 0.1) is 18.3 Å². The Kier molecular flexibility index (Phi) is 5.95. The molecule has 0 radical (unpaired) electrons. The quantitative estimate of drug-likeness (QED) is 0.694. The number of hydrogen-bond donors (Lipinski definition) is 1. The van der Waals surface area contributed by atoms with Gasteiger partial charge in [-0.25, -0.2) is 15.0 Å². The Morgan fingerprint density at radius 1 is 1.14 bits per heavy atom. The van der Waals surface area contributed by atoms with E-state index in [1.807, 2.05) is 35.2 Å². The molecule has 0 saturated carbocycles. The fourth-order valence-electron chi connectivity index (χ4n) is 3.47. The molecule has 29 heavy (non-hydrogen) atoms. The van der Waals surface area contributed by atoms with Crippen LogP contribution in [0.2, 0.25) is 5.02 Å². The zero-order valence-electron chi connectivity index (χ0n) is 15.8. The van der Waals surface area contributed by atoms with Crippen LogP contribution in [0.15, 0.2) is 55.1 Å². The van der Waals surface area contributed by atoms with Crippen LogP contribution in [-0.4, -0.2) is 43.8 Å². The van der Waals surface area contributed by atoms with Gasteiger partial charge in [0.1, 0.15) is 0 Å². The van der Waals surface area contributed by atoms with Crippen LogP contribution in [0.1, 0.15) is 30.0 Å². The van der Waals surface area contributed by atoms with E-state index in [1.165, 1.54) is 0 Å². The van der Waals surface area contributed by atoms with Crippen LogP contribution in [0.3, 0.4) is 0 Å². The van der Waals surface area contributed by atoms with Gasteiger partial charge in [0.25, 0.3) is 0 Å². The largest absolute Gasteiger partial charge is 0.342 e. The lowest BCUT2D eigenvalue weighted by Crippen LogP contribution is -2.40. The molecule has 3 aromatic rings. The number of aromatic nitrogens is 4. The highest BCUT2D eigenvalue weighted by Gasteiger charge is 2.26. The summed E-state index contributed by atoms with van der Waals surface area (Å²) in [5.74, 6) is 1.38. The van der Waals surface area contributed by atoms with Crippen LogP contribution in [-0.2, 0) is 11.2 Å². The van der Waals surface area contributed by atoms with E-state index in [-0.39, 0.29) is 11.8 Å². The maximum absolute atomic E-state index is 12.8. The number of piperidine rings is 1. The predicted molar refractivity (Wildman–Crippen MR) is 111 cm³/mol. The van der Waals surface area contributed by atoms with Crippen molar-refractivity contribution in [3.05, 3.63) is 71.4 Å². The lowest BCUT2D eigenvalue weighted by Gasteiger charge is -2.32. The van der Waals surface area contributed by atoms with E-state index in [1.54, 1.807) is 24.8 Å². The molecule has 1 saturated heterocycles. The van der Waals surface area contributed by atoms with Crippen molar-refractivity contribution in [3.8, 4) is 0 Å². The molecule has 1 aliphatic heterocycles. The summed E-state index contributed by atoms with van der Waals surface area (Å²) in [6.45, 7) is 1.44. The van der Waals surface area contributed by atoms with E-state index >= 15 is 0 Å². The minimum atomic E-state index is 0.129. The standard InChI is InChI=1S/C21H21ClN6O/c22-17-5-3-15(4-6-17)12-20(29)28-11-1-2-16(14-28)18-7-8-25-21(26-18)27-19-13-23-9-10-24-19/h3-10,13,16H,1-2,11-12,14H2,(H,24,25,26,27)/t16-/m0/s1. The van der Waals surface area contributed by atoms with Crippen molar-refractivity contribution < 1.29 is 4.79 Å². The molecule has 7 nitrogen and oxygen atoms in total. The van der Waals surface area contributed by atoms with E-state index in [0.717, 1.165) is 30.6 Å². The van der Waals surface area contributed by atoms with E-state index < -0.39 is 0 Å². The second kappa shape index (κ2) is 8.96. The van der Waals surface area contributed by atoms with Gasteiger partial charge in [0.2, 0.25) is 11.9 Å². The molecule has 2 aromatic heterocycles. The highest BCUT2D eigenvalue weighted by molar-refractivity contribution is 6.30. The smallest absolute Gasteiger partial charge is 0.228 e. The number of rotatable bonds is 5. The lowest BCUT2D eigenvalue weighted by atomic mass is 9.94. The van der Waals surface area contributed by atoms with Gasteiger partial charge in [-0.1, -0.05) is 23.7 Å². The highest BCUT2D eigenvalue weighted by atomic mass is 35.5. The second-order valence-corrected chi connectivity index (χ2v) is 7.44. The molecule has 1 N–H and O–H groups in total. The molecule has 4 rings (SSSR count). The SMILES string of the molecule is O=C(Cc1ccc(Cl)cc1)N1CCC[C@H](c2ccnc(Nc3cnccn3)n2)C1. The lowest BCUT2D eigenvalue weighted by molar-refractivity contribution is -0.131. The molecule has 1 amide bonds. The topological polar surface area (TPSA) is 83.9 Å². The van der Waals surface area contributed by atoms with Gasteiger partial charge < -0.3 is 10.2 Å². The maximum Gasteiger partial charge on any atom is 0.228 e. The third-order valence-corrected chi connectivity index (χ3v) is 5.19. The van der Waals surface area contributed by atoms with Crippen molar-refractivity contribution in [1.82, 2.24) is 24.8 Å². The molecule has 0 spiro atoms. The number of carbonyl (C=O) groups is 1. The Labute approximate surface area is 174 Å². The van der Waals surface area contributed by atoms with Crippen LogP contribution in [0, 0.1) is 0 Å². The first-order valence-corrected chi connectivity index (χ1v) is 9.93. The number of halogens is 1. The third-order valence-electron chi connectivity index (χ3n) is 4.94. The van der Waals surface area contributed by atoms with E-state index in [4.69, 9.17) is 11.6 Å². The molecule has 1 fully saturated rings. The molecule has 1 aliphatic rings. The molecular weight excluding hydrogens is 388 g/mol. The summed E-state index contributed by atoms with van der Waals surface area (Å²) in [4.78, 5) is 31.8. The number of amides is 1. The number of nitrogens with zero attached hydrogens (tertiary/aromatic N) is 5. The Morgan fingerprint density at radius 2 is 2.00 bits per heavy atom. The minimum absolute atomic E-state index is 0.129. The average Bonchev–Trinajstić information content (AvgIpc) is 2.76. The number of carbonyl (C=O) groups excluding carboxylic acids is 1. The zero-order valence-corrected chi connectivity index (χ0v) is 16.6. The summed E-state index contributed by atoms with van der Waals surface area (Å²) < 4.78 is 0. The summed E-state index contributed by atoms with van der Waals surface area (Å²) in [6.07, 6.45) is 8.90. The van der Waals surface area contributed by atoms with Gasteiger partial charge in [0, 0.05) is 42.6 Å². The zero-order chi connectivity index (χ0) is 20.1. The molecule has 148 valence electrons. The first-order valence-electron chi connectivity index (χ1n) is 9.55. The number of benzene rings is 1. The van der Waals surface area contributed by atoms with E-state index in [9.17, 15) is 4.79 Å². The van der Waals surface area contributed by atoms with Gasteiger partial charge in [0.15, 0.2) is 5.82 Å². The van der Waals surface area contributed by atoms with Crippen LogP contribution >= 0.6 is 11.6 Å². The van der Waals surface area contributed by atoms with Gasteiger partial charge >= 0.3 is 0 Å². The summed E-state index contributed by atoms with van der Waals surface area (Å²) in [5.41, 5.74) is 1.90. The highest BCUT2D eigenvalue weighted by Crippen LogP contribution is 2.26. The molecular formula is C21H21ClN6O. The fraction of sp³-hybridized carbons (Fsp3) is 0.286. The Morgan fingerprint density at radius 3 is 2.79 bits per heavy atom. The fourth-order valence-corrected chi connectivity index (χ4v) is 3.60. The Hall–Kier alpha value is -3.06. The molecule has 3 heterocycles. The molecule has 0 unspecified atom stereocenters. The summed E-state index contributed by atoms with van der Waals surface area (Å²) >= 11 is 5.93. The van der Waals surface area contributed by atoms with Crippen molar-refractivity contribution in [1.29, 1.82) is 0 Å². The Bertz CT molecular complexity index is 966. The van der Waals surface area contributed by atoms with Crippen LogP contribution in [0.5, 0.6) is 0 Å². The van der Waals surface area contributed by atoms with Crippen LogP contribution in [0.25, 0.3) is 0 Å². The van der Waals surface area contributed by atoms with Crippen molar-refractivity contribution in [3.63, 3.8) is 0 Å². The normalized spacial score (nSPS) is 16.4. The first kappa shape index (κ1) is 19.3. The number of likely N-dealkylation sites (tertiary alicyclic amines) is 1. The molecule has 1 atom stereocenters. The summed E-state index contributed by atoms with van der Waals surface area (Å²) in [7, 11) is 0. The van der Waals surface area contributed by atoms with Crippen LogP contribution in [0.4, 0.5) is 11.8 Å². The van der Waals surface area contributed by atoms with Gasteiger partial charge in [-0.05, 0) is 36.6 Å². The minimum Gasteiger partial charge on any atom is -0.342 e. The van der Waals surface area contributed by atoms with Crippen molar-refractivity contribution >= 4 is 29.3 Å². The Balaban J connectivity index is 1.42. The van der Waals surface area contributed by atoms with Crippen molar-refractivity contribution in [2.24, 2.45) is 0 Å². The number of anilines is 2. The summed E-state index contributed by atoms with van der Waals surface area (Å²) in [5, 5.41) is 3.74. The van der Waals surface area contributed by atoms with Crippen LogP contribution < -0.4 is 5.32 Å². The summed E-state index contributed by atoms with van der Waals surface area (Å²) in [6, 6.07) is 9.35. The average molecular weight is 409 g/mol. The maximum atomic E-state index is 12.8. The second-order valence-electron chi connectivity index (χ2n) is 7.00. The van der Waals surface area contributed by atoms with E-state index in [2.05, 4.69) is 25.3 Å². The molecule has 0 aliphatic carbocycles. The van der Waals surface area contributed by atoms with Gasteiger partial charge in [-0.2, -0.15) is 0 Å². The van der Waals surface area contributed by atoms with Gasteiger partial charge in [-0.15, -0.1) is 0 Å². The predicted octanol–water partition coefficient (Wildman–Crippen LogP) is 3.61. The van der Waals surface area contributed by atoms with Crippen molar-refractivity contribution in [2.45, 2.75) is 25.2 Å². The van der Waals surface area contributed by atoms with Crippen molar-refractivity contribution in [2.75, 3.05) is 18.4 Å². The van der Waals surface area contributed by atoms with Gasteiger partial charge in [-0.3, -0.25) is 9.78 Å². The molecule has 8 heteroatoms.